The van der Waals surface area contributed by atoms with Crippen LogP contribution in [0, 0.1) is 17.8 Å². The Morgan fingerprint density at radius 3 is 2.45 bits per heavy atom. The van der Waals surface area contributed by atoms with Crippen molar-refractivity contribution in [2.75, 3.05) is 4.90 Å². The number of carbonyl (C=O) groups is 2. The first-order valence-corrected chi connectivity index (χ1v) is 12.4. The molecular formula is C26H27N3O3S. The number of allylic oxidation sites excluding steroid dienone is 2. The molecule has 1 aliphatic heterocycles. The Bertz CT molecular complexity index is 1150. The van der Waals surface area contributed by atoms with Crippen molar-refractivity contribution in [3.8, 4) is 0 Å². The van der Waals surface area contributed by atoms with E-state index in [2.05, 4.69) is 30.5 Å². The summed E-state index contributed by atoms with van der Waals surface area (Å²) in [5.74, 6) is -0.760. The van der Waals surface area contributed by atoms with Crippen molar-refractivity contribution >= 4 is 28.9 Å². The predicted octanol–water partition coefficient (Wildman–Crippen LogP) is 4.03. The van der Waals surface area contributed by atoms with Crippen LogP contribution in [-0.4, -0.2) is 21.4 Å². The lowest BCUT2D eigenvalue weighted by Gasteiger charge is -2.25. The molecule has 1 aromatic carbocycles. The van der Waals surface area contributed by atoms with Crippen LogP contribution < -0.4 is 9.62 Å². The van der Waals surface area contributed by atoms with E-state index in [1.807, 2.05) is 36.4 Å². The molecule has 1 saturated carbocycles. The molecule has 0 spiro atoms. The lowest BCUT2D eigenvalue weighted by molar-refractivity contribution is -0.122. The smallest absolute Gasteiger partial charge is 0.264 e. The summed E-state index contributed by atoms with van der Waals surface area (Å²) in [6, 6.07) is 11.1. The monoisotopic (exact) mass is 461 g/mol. The normalized spacial score (nSPS) is 23.7. The summed E-state index contributed by atoms with van der Waals surface area (Å²) in [6.07, 6.45) is 9.08. The van der Waals surface area contributed by atoms with Gasteiger partial charge < -0.3 is 4.55 Å². The van der Waals surface area contributed by atoms with Gasteiger partial charge in [0.1, 0.15) is 11.4 Å². The van der Waals surface area contributed by atoms with E-state index in [1.165, 1.54) is 11.1 Å². The van der Waals surface area contributed by atoms with Crippen LogP contribution in [0.1, 0.15) is 39.2 Å². The molecular weight excluding hydrogens is 434 g/mol. The number of imide groups is 1. The largest absolute Gasteiger partial charge is 0.588 e. The lowest BCUT2D eigenvalue weighted by atomic mass is 9.79. The van der Waals surface area contributed by atoms with Crippen LogP contribution in [0.4, 0.5) is 5.69 Å². The summed E-state index contributed by atoms with van der Waals surface area (Å²) in [5, 5.41) is 0. The highest BCUT2D eigenvalue weighted by Crippen LogP contribution is 2.49. The second kappa shape index (κ2) is 8.15. The topological polar surface area (TPSA) is 85.4 Å². The van der Waals surface area contributed by atoms with Gasteiger partial charge in [-0.25, -0.2) is 9.62 Å². The third-order valence-corrected chi connectivity index (χ3v) is 7.70. The number of fused-ring (bicyclic) bond motifs is 1. The fraction of sp³-hybridized carbons (Fsp3) is 0.346. The van der Waals surface area contributed by atoms with Crippen molar-refractivity contribution in [2.24, 2.45) is 17.8 Å². The molecule has 0 bridgehead atoms. The third kappa shape index (κ3) is 4.00. The van der Waals surface area contributed by atoms with Crippen LogP contribution in [0.15, 0.2) is 77.1 Å². The van der Waals surface area contributed by atoms with Gasteiger partial charge in [0.15, 0.2) is 4.90 Å². The van der Waals surface area contributed by atoms with E-state index in [0.29, 0.717) is 27.8 Å². The maximum atomic E-state index is 13.5. The maximum Gasteiger partial charge on any atom is 0.264 e. The minimum Gasteiger partial charge on any atom is -0.588 e. The number of aromatic nitrogens is 1. The molecule has 0 radical (unpaired) electrons. The predicted molar refractivity (Wildman–Crippen MR) is 127 cm³/mol. The van der Waals surface area contributed by atoms with Crippen LogP contribution in [0.3, 0.4) is 0 Å². The van der Waals surface area contributed by atoms with Gasteiger partial charge in [0.2, 0.25) is 5.91 Å². The third-order valence-electron chi connectivity index (χ3n) is 6.60. The number of anilines is 1. The molecule has 3 atom stereocenters. The Balaban J connectivity index is 1.47. The minimum absolute atomic E-state index is 0.00157. The summed E-state index contributed by atoms with van der Waals surface area (Å²) >= 11 is -1.57. The van der Waals surface area contributed by atoms with E-state index in [1.54, 1.807) is 18.3 Å². The second-order valence-electron chi connectivity index (χ2n) is 9.91. The van der Waals surface area contributed by atoms with Crippen LogP contribution >= 0.6 is 0 Å². The van der Waals surface area contributed by atoms with E-state index in [0.717, 1.165) is 18.4 Å². The number of nitrogens with zero attached hydrogens (tertiary/aromatic N) is 2. The van der Waals surface area contributed by atoms with Gasteiger partial charge in [-0.1, -0.05) is 39.0 Å². The number of nitrogens with one attached hydrogen (secondary N) is 1. The highest BCUT2D eigenvalue weighted by Gasteiger charge is 2.53. The van der Waals surface area contributed by atoms with E-state index in [4.69, 9.17) is 0 Å². The quantitative estimate of drug-likeness (QED) is 0.537. The number of pyridine rings is 1. The molecule has 3 unspecified atom stereocenters. The molecule has 2 aromatic rings. The summed E-state index contributed by atoms with van der Waals surface area (Å²) in [4.78, 5) is 32.8. The first kappa shape index (κ1) is 21.9. The second-order valence-corrected chi connectivity index (χ2v) is 11.1. The molecule has 6 nitrogen and oxygen atoms in total. The van der Waals surface area contributed by atoms with Crippen molar-refractivity contribution in [2.45, 2.75) is 43.9 Å². The van der Waals surface area contributed by atoms with Gasteiger partial charge in [-0.05, 0) is 66.0 Å². The van der Waals surface area contributed by atoms with E-state index < -0.39 is 17.3 Å². The zero-order valence-corrected chi connectivity index (χ0v) is 19.8. The highest BCUT2D eigenvalue weighted by atomic mass is 32.2. The number of amides is 2. The molecule has 2 aliphatic carbocycles. The standard InChI is InChI=1S/C26H27N3O3S/c1-26(2,3)17-8-10-19(11-9-17)33(32)28-21-13-12-20(16-6-7-16)22-23(21)25(31)29(24(22)30)18-5-4-14-27-15-18/h4-5,8-16,20,22,28H,6-7H2,1-3H3. The first-order valence-electron chi connectivity index (χ1n) is 11.3. The molecule has 1 N–H and O–H groups in total. The number of hydrogen-bond donors (Lipinski definition) is 1. The summed E-state index contributed by atoms with van der Waals surface area (Å²) < 4.78 is 16.2. The molecule has 33 heavy (non-hydrogen) atoms. The van der Waals surface area contributed by atoms with Crippen molar-refractivity contribution in [3.63, 3.8) is 0 Å². The van der Waals surface area contributed by atoms with Crippen molar-refractivity contribution in [1.82, 2.24) is 9.71 Å². The number of hydrogen-bond acceptors (Lipinski definition) is 5. The molecule has 5 rings (SSSR count). The van der Waals surface area contributed by atoms with Gasteiger partial charge in [0, 0.05) is 6.20 Å². The van der Waals surface area contributed by atoms with Crippen LogP contribution in [0.5, 0.6) is 0 Å². The maximum absolute atomic E-state index is 13.5. The Morgan fingerprint density at radius 2 is 1.85 bits per heavy atom. The fourth-order valence-electron chi connectivity index (χ4n) is 4.63. The minimum atomic E-state index is -1.57. The molecule has 1 aromatic heterocycles. The zero-order chi connectivity index (χ0) is 23.3. The molecule has 2 amide bonds. The van der Waals surface area contributed by atoms with E-state index >= 15 is 0 Å². The number of carbonyl (C=O) groups excluding carboxylic acids is 2. The van der Waals surface area contributed by atoms with Gasteiger partial charge in [-0.3, -0.25) is 14.6 Å². The SMILES string of the molecule is CC(C)(C)c1ccc([S+]([O-])NC2=C3C(=O)N(c4cccnc4)C(=O)C3C(C3CC3)C=C2)cc1. The van der Waals surface area contributed by atoms with E-state index in [-0.39, 0.29) is 23.1 Å². The van der Waals surface area contributed by atoms with Gasteiger partial charge in [-0.2, -0.15) is 0 Å². The Labute approximate surface area is 197 Å². The molecule has 2 heterocycles. The molecule has 1 saturated heterocycles. The fourth-order valence-corrected chi connectivity index (χ4v) is 5.51. The van der Waals surface area contributed by atoms with Gasteiger partial charge in [0.25, 0.3) is 5.91 Å². The van der Waals surface area contributed by atoms with Crippen molar-refractivity contribution in [1.29, 1.82) is 0 Å². The van der Waals surface area contributed by atoms with E-state index in [9.17, 15) is 14.1 Å². The van der Waals surface area contributed by atoms with Crippen molar-refractivity contribution < 1.29 is 14.1 Å². The summed E-state index contributed by atoms with van der Waals surface area (Å²) in [5.41, 5.74) is 2.48. The number of rotatable bonds is 5. The van der Waals surface area contributed by atoms with Crippen molar-refractivity contribution in [3.05, 3.63) is 77.8 Å². The summed E-state index contributed by atoms with van der Waals surface area (Å²) in [7, 11) is 0. The Kier molecular flexibility index (Phi) is 5.41. The summed E-state index contributed by atoms with van der Waals surface area (Å²) in [6.45, 7) is 6.39. The van der Waals surface area contributed by atoms with Crippen LogP contribution in [0.25, 0.3) is 0 Å². The van der Waals surface area contributed by atoms with Crippen LogP contribution in [0.2, 0.25) is 0 Å². The molecule has 170 valence electrons. The van der Waals surface area contributed by atoms with Gasteiger partial charge >= 0.3 is 0 Å². The average molecular weight is 462 g/mol. The zero-order valence-electron chi connectivity index (χ0n) is 18.9. The average Bonchev–Trinajstić information content (AvgIpc) is 3.60. The van der Waals surface area contributed by atoms with Gasteiger partial charge in [-0.15, -0.1) is 0 Å². The molecule has 2 fully saturated rings. The highest BCUT2D eigenvalue weighted by molar-refractivity contribution is 7.89. The van der Waals surface area contributed by atoms with Gasteiger partial charge in [0.05, 0.1) is 29.1 Å². The first-order chi connectivity index (χ1) is 15.8. The number of benzene rings is 1. The lowest BCUT2D eigenvalue weighted by Crippen LogP contribution is -2.32. The molecule has 7 heteroatoms. The van der Waals surface area contributed by atoms with Crippen LogP contribution in [-0.2, 0) is 26.4 Å². The Hall–Kier alpha value is -2.90. The Morgan fingerprint density at radius 1 is 1.12 bits per heavy atom. The molecule has 3 aliphatic rings.